The molecular weight excluding hydrogens is 136 g/mol. The van der Waals surface area contributed by atoms with Crippen molar-refractivity contribution in [3.8, 4) is 6.07 Å². The van der Waals surface area contributed by atoms with Crippen LogP contribution in [0.2, 0.25) is 0 Å². The Labute approximate surface area is 61.7 Å². The van der Waals surface area contributed by atoms with E-state index in [2.05, 4.69) is 11.4 Å². The van der Waals surface area contributed by atoms with E-state index in [1.165, 1.54) is 0 Å². The second-order valence-electron chi connectivity index (χ2n) is 2.78. The maximum atomic E-state index is 8.43. The zero-order valence-electron chi connectivity index (χ0n) is 5.64. The minimum atomic E-state index is 0. The maximum absolute atomic E-state index is 8.43. The van der Waals surface area contributed by atoms with Gasteiger partial charge in [0.1, 0.15) is 0 Å². The monoisotopic (exact) mass is 146 g/mol. The predicted molar refractivity (Wildman–Crippen MR) is 38.4 cm³/mol. The van der Waals surface area contributed by atoms with Gasteiger partial charge in [-0.05, 0) is 13.8 Å². The van der Waals surface area contributed by atoms with Gasteiger partial charge in [0.05, 0.1) is 12.0 Å². The molecule has 52 valence electrons. The summed E-state index contributed by atoms with van der Waals surface area (Å²) in [6, 6.07) is 2.23. The summed E-state index contributed by atoms with van der Waals surface area (Å²) in [6.45, 7) is 4.96. The van der Waals surface area contributed by atoms with E-state index in [1.54, 1.807) is 0 Å². The van der Waals surface area contributed by atoms with Crippen LogP contribution >= 0.6 is 12.4 Å². The van der Waals surface area contributed by atoms with Gasteiger partial charge < -0.3 is 5.32 Å². The number of halogens is 1. The average Bonchev–Trinajstić information content (AvgIpc) is 1.66. The summed E-state index contributed by atoms with van der Waals surface area (Å²) in [5.41, 5.74) is 0.0781. The smallest absolute Gasteiger partial charge is 0.0764 e. The second-order valence-corrected chi connectivity index (χ2v) is 2.78. The van der Waals surface area contributed by atoms with E-state index in [0.717, 1.165) is 6.54 Å². The summed E-state index contributed by atoms with van der Waals surface area (Å²) >= 11 is 0. The lowest BCUT2D eigenvalue weighted by atomic mass is 9.81. The molecule has 1 heterocycles. The van der Waals surface area contributed by atoms with Crippen molar-refractivity contribution in [1.29, 1.82) is 5.26 Å². The Kier molecular flexibility index (Phi) is 2.48. The van der Waals surface area contributed by atoms with Crippen LogP contribution < -0.4 is 5.32 Å². The first-order valence-corrected chi connectivity index (χ1v) is 2.81. The normalized spacial score (nSPS) is 29.2. The molecule has 0 radical (unpaired) electrons. The molecule has 2 nitrogen and oxygen atoms in total. The van der Waals surface area contributed by atoms with Crippen LogP contribution in [0.5, 0.6) is 0 Å². The van der Waals surface area contributed by atoms with E-state index in [9.17, 15) is 0 Å². The van der Waals surface area contributed by atoms with Gasteiger partial charge in [0.15, 0.2) is 0 Å². The van der Waals surface area contributed by atoms with Gasteiger partial charge in [-0.2, -0.15) is 5.26 Å². The molecular formula is C6H11ClN2. The Hall–Kier alpha value is -0.260. The lowest BCUT2D eigenvalue weighted by Gasteiger charge is -2.41. The van der Waals surface area contributed by atoms with E-state index in [-0.39, 0.29) is 23.9 Å². The molecule has 9 heavy (non-hydrogen) atoms. The molecule has 0 aromatic carbocycles. The van der Waals surface area contributed by atoms with E-state index in [1.807, 2.05) is 13.8 Å². The summed E-state index contributed by atoms with van der Waals surface area (Å²) in [7, 11) is 0. The van der Waals surface area contributed by atoms with Crippen LogP contribution in [-0.4, -0.2) is 12.1 Å². The zero-order valence-corrected chi connectivity index (χ0v) is 6.46. The lowest BCUT2D eigenvalue weighted by Crippen LogP contribution is -2.60. The number of nitriles is 1. The highest BCUT2D eigenvalue weighted by Gasteiger charge is 2.37. The molecule has 1 saturated heterocycles. The highest BCUT2D eigenvalue weighted by atomic mass is 35.5. The minimum absolute atomic E-state index is 0. The lowest BCUT2D eigenvalue weighted by molar-refractivity contribution is 0.190. The Morgan fingerprint density at radius 1 is 1.67 bits per heavy atom. The molecule has 0 bridgehead atoms. The molecule has 0 aromatic rings. The highest BCUT2D eigenvalue weighted by molar-refractivity contribution is 5.85. The Bertz CT molecular complexity index is 136. The van der Waals surface area contributed by atoms with Gasteiger partial charge in [-0.25, -0.2) is 0 Å². The van der Waals surface area contributed by atoms with Gasteiger partial charge in [0.2, 0.25) is 0 Å². The summed E-state index contributed by atoms with van der Waals surface area (Å²) in [4.78, 5) is 0. The molecule has 1 N–H and O–H groups in total. The molecule has 0 aromatic heterocycles. The fourth-order valence-corrected chi connectivity index (χ4v) is 0.819. The van der Waals surface area contributed by atoms with Crippen molar-refractivity contribution in [2.75, 3.05) is 6.54 Å². The van der Waals surface area contributed by atoms with Crippen molar-refractivity contribution < 1.29 is 0 Å². The summed E-state index contributed by atoms with van der Waals surface area (Å²) in [6.07, 6.45) is 0. The SMILES string of the molecule is CC1(C)NC[C@H]1C#N.Cl. The van der Waals surface area contributed by atoms with Crippen LogP contribution in [0.15, 0.2) is 0 Å². The average molecular weight is 147 g/mol. The molecule has 1 fully saturated rings. The summed E-state index contributed by atoms with van der Waals surface area (Å²) in [5.74, 6) is 0.225. The van der Waals surface area contributed by atoms with Gasteiger partial charge >= 0.3 is 0 Å². The van der Waals surface area contributed by atoms with Crippen LogP contribution in [0, 0.1) is 17.2 Å². The van der Waals surface area contributed by atoms with Crippen molar-refractivity contribution in [2.45, 2.75) is 19.4 Å². The standard InChI is InChI=1S/C6H10N2.ClH/c1-6(2)5(3-7)4-8-6;/h5,8H,4H2,1-2H3;1H/t5-;/m1./s1. The molecule has 1 aliphatic rings. The number of nitrogens with one attached hydrogen (secondary N) is 1. The molecule has 1 atom stereocenters. The van der Waals surface area contributed by atoms with E-state index in [4.69, 9.17) is 5.26 Å². The fourth-order valence-electron chi connectivity index (χ4n) is 0.819. The van der Waals surface area contributed by atoms with E-state index >= 15 is 0 Å². The van der Waals surface area contributed by atoms with Gasteiger partial charge in [-0.3, -0.25) is 0 Å². The molecule has 1 aliphatic heterocycles. The van der Waals surface area contributed by atoms with Crippen molar-refractivity contribution in [3.05, 3.63) is 0 Å². The first kappa shape index (κ1) is 8.74. The minimum Gasteiger partial charge on any atom is -0.309 e. The van der Waals surface area contributed by atoms with Crippen LogP contribution in [0.3, 0.4) is 0 Å². The molecule has 0 unspecified atom stereocenters. The van der Waals surface area contributed by atoms with Crippen LogP contribution in [0.4, 0.5) is 0 Å². The molecule has 0 spiro atoms. The number of hydrogen-bond acceptors (Lipinski definition) is 2. The molecule has 0 amide bonds. The van der Waals surface area contributed by atoms with Gasteiger partial charge in [-0.15, -0.1) is 12.4 Å². The third-order valence-corrected chi connectivity index (χ3v) is 1.79. The first-order valence-electron chi connectivity index (χ1n) is 2.81. The van der Waals surface area contributed by atoms with E-state index < -0.39 is 0 Å². The highest BCUT2D eigenvalue weighted by Crippen LogP contribution is 2.23. The molecule has 0 saturated carbocycles. The quantitative estimate of drug-likeness (QED) is 0.552. The van der Waals surface area contributed by atoms with Crippen LogP contribution in [0.25, 0.3) is 0 Å². The van der Waals surface area contributed by atoms with Crippen molar-refractivity contribution in [1.82, 2.24) is 5.32 Å². The molecule has 0 aliphatic carbocycles. The van der Waals surface area contributed by atoms with Crippen molar-refractivity contribution in [3.63, 3.8) is 0 Å². The van der Waals surface area contributed by atoms with Crippen molar-refractivity contribution in [2.24, 2.45) is 5.92 Å². The Balaban J connectivity index is 0.000000640. The Morgan fingerprint density at radius 3 is 2.22 bits per heavy atom. The van der Waals surface area contributed by atoms with Crippen molar-refractivity contribution >= 4 is 12.4 Å². The maximum Gasteiger partial charge on any atom is 0.0764 e. The largest absolute Gasteiger partial charge is 0.309 e. The van der Waals surface area contributed by atoms with Gasteiger partial charge in [0, 0.05) is 12.1 Å². The topological polar surface area (TPSA) is 35.8 Å². The van der Waals surface area contributed by atoms with E-state index in [0.29, 0.717) is 0 Å². The van der Waals surface area contributed by atoms with Crippen LogP contribution in [0.1, 0.15) is 13.8 Å². The number of rotatable bonds is 0. The molecule has 1 rings (SSSR count). The summed E-state index contributed by atoms with van der Waals surface area (Å²) < 4.78 is 0. The fraction of sp³-hybridized carbons (Fsp3) is 0.833. The third-order valence-electron chi connectivity index (χ3n) is 1.79. The summed E-state index contributed by atoms with van der Waals surface area (Å²) in [5, 5.41) is 11.6. The van der Waals surface area contributed by atoms with Crippen LogP contribution in [-0.2, 0) is 0 Å². The number of nitrogens with zero attached hydrogens (tertiary/aromatic N) is 1. The first-order chi connectivity index (χ1) is 3.67. The number of hydrogen-bond donors (Lipinski definition) is 1. The Morgan fingerprint density at radius 2 is 2.22 bits per heavy atom. The second kappa shape index (κ2) is 2.55. The third kappa shape index (κ3) is 1.35. The van der Waals surface area contributed by atoms with Gasteiger partial charge in [0.25, 0.3) is 0 Å². The zero-order chi connectivity index (χ0) is 6.20. The predicted octanol–water partition coefficient (Wildman–Crippen LogP) is 0.930. The molecule has 3 heteroatoms. The van der Waals surface area contributed by atoms with Gasteiger partial charge in [-0.1, -0.05) is 0 Å².